The van der Waals surface area contributed by atoms with E-state index in [0.29, 0.717) is 28.0 Å². The van der Waals surface area contributed by atoms with Gasteiger partial charge in [0.1, 0.15) is 22.7 Å². The number of rotatable bonds is 4. The van der Waals surface area contributed by atoms with Crippen molar-refractivity contribution < 1.29 is 24.5 Å². The van der Waals surface area contributed by atoms with Crippen LogP contribution < -0.4 is 16.0 Å². The summed E-state index contributed by atoms with van der Waals surface area (Å²) < 4.78 is 5.33. The Hall–Kier alpha value is -3.29. The Labute approximate surface area is 142 Å². The van der Waals surface area contributed by atoms with Crippen molar-refractivity contribution in [2.24, 2.45) is 0 Å². The van der Waals surface area contributed by atoms with Crippen LogP contribution in [0.3, 0.4) is 0 Å². The van der Waals surface area contributed by atoms with E-state index < -0.39 is 34.4 Å². The molecular formula is C17H18N2O6. The quantitative estimate of drug-likeness (QED) is 0.662. The van der Waals surface area contributed by atoms with Gasteiger partial charge in [-0.3, -0.25) is 4.79 Å². The summed E-state index contributed by atoms with van der Waals surface area (Å²) in [6, 6.07) is 1.59. The predicted molar refractivity (Wildman–Crippen MR) is 91.6 cm³/mol. The first-order valence-electron chi connectivity index (χ1n) is 7.29. The van der Waals surface area contributed by atoms with Crippen molar-refractivity contribution in [1.82, 2.24) is 4.98 Å². The van der Waals surface area contributed by atoms with Gasteiger partial charge in [0.05, 0.1) is 7.11 Å². The van der Waals surface area contributed by atoms with E-state index in [-0.39, 0.29) is 5.56 Å². The number of carboxylic acid groups (broad SMARTS) is 2. The highest BCUT2D eigenvalue weighted by atomic mass is 16.5. The summed E-state index contributed by atoms with van der Waals surface area (Å²) in [5, 5.41) is 19.0. The number of carboxylic acids is 2. The van der Waals surface area contributed by atoms with E-state index in [9.17, 15) is 24.6 Å². The number of aromatic carboxylic acids is 2. The van der Waals surface area contributed by atoms with Crippen LogP contribution in [0.15, 0.2) is 10.9 Å². The van der Waals surface area contributed by atoms with Crippen LogP contribution in [0.2, 0.25) is 0 Å². The van der Waals surface area contributed by atoms with Crippen molar-refractivity contribution >= 4 is 17.8 Å². The molecule has 5 N–H and O–H groups in total. The number of hydrogen-bond acceptors (Lipinski definition) is 5. The van der Waals surface area contributed by atoms with Gasteiger partial charge in [-0.25, -0.2) is 9.59 Å². The molecule has 0 saturated carbocycles. The number of methoxy groups -OCH3 is 1. The Bertz CT molecular complexity index is 959. The first-order chi connectivity index (χ1) is 11.6. The van der Waals surface area contributed by atoms with Gasteiger partial charge in [0.25, 0.3) is 5.56 Å². The number of nitrogens with two attached hydrogens (primary N) is 1. The van der Waals surface area contributed by atoms with E-state index in [1.54, 1.807) is 26.8 Å². The minimum atomic E-state index is -1.54. The summed E-state index contributed by atoms with van der Waals surface area (Å²) in [6.07, 6.45) is 0. The lowest BCUT2D eigenvalue weighted by molar-refractivity contribution is 0.0695. The maximum Gasteiger partial charge on any atom is 0.342 e. The molecule has 25 heavy (non-hydrogen) atoms. The van der Waals surface area contributed by atoms with Crippen molar-refractivity contribution in [1.29, 1.82) is 0 Å². The number of aromatic nitrogens is 1. The molecule has 1 heterocycles. The van der Waals surface area contributed by atoms with Gasteiger partial charge in [0.15, 0.2) is 0 Å². The molecule has 1 aromatic heterocycles. The highest BCUT2D eigenvalue weighted by molar-refractivity contribution is 6.07. The summed E-state index contributed by atoms with van der Waals surface area (Å²) >= 11 is 0. The molecule has 0 unspecified atom stereocenters. The van der Waals surface area contributed by atoms with Crippen LogP contribution in [-0.2, 0) is 0 Å². The first-order valence-corrected chi connectivity index (χ1v) is 7.29. The number of aromatic amines is 1. The first kappa shape index (κ1) is 18.1. The lowest BCUT2D eigenvalue weighted by Crippen LogP contribution is -2.24. The molecule has 0 amide bonds. The van der Waals surface area contributed by atoms with E-state index >= 15 is 0 Å². The van der Waals surface area contributed by atoms with Gasteiger partial charge in [-0.1, -0.05) is 0 Å². The maximum absolute atomic E-state index is 12.1. The third-order valence-corrected chi connectivity index (χ3v) is 4.17. The predicted octanol–water partition coefficient (Wildman–Crippen LogP) is 1.95. The number of aryl methyl sites for hydroxylation is 1. The second-order valence-electron chi connectivity index (χ2n) is 5.63. The number of nitrogen functional groups attached to an aromatic ring is 1. The van der Waals surface area contributed by atoms with Gasteiger partial charge in [-0.05, 0) is 49.1 Å². The van der Waals surface area contributed by atoms with Crippen molar-refractivity contribution in [2.45, 2.75) is 20.8 Å². The molecule has 0 radical (unpaired) electrons. The number of benzene rings is 1. The average Bonchev–Trinajstić information content (AvgIpc) is 2.49. The normalized spacial score (nSPS) is 10.6. The molecule has 0 bridgehead atoms. The molecule has 0 aliphatic rings. The van der Waals surface area contributed by atoms with Crippen LogP contribution >= 0.6 is 0 Å². The third-order valence-electron chi connectivity index (χ3n) is 4.17. The Morgan fingerprint density at radius 1 is 1.08 bits per heavy atom. The fourth-order valence-electron chi connectivity index (χ4n) is 2.95. The minimum Gasteiger partial charge on any atom is -0.496 e. The summed E-state index contributed by atoms with van der Waals surface area (Å²) in [5.41, 5.74) is 5.65. The van der Waals surface area contributed by atoms with Crippen LogP contribution in [0.4, 0.5) is 5.82 Å². The van der Waals surface area contributed by atoms with E-state index in [4.69, 9.17) is 10.5 Å². The minimum absolute atomic E-state index is 0.215. The number of hydrogen-bond donors (Lipinski definition) is 4. The van der Waals surface area contributed by atoms with Crippen LogP contribution in [0.5, 0.6) is 5.75 Å². The van der Waals surface area contributed by atoms with Crippen molar-refractivity contribution in [3.05, 3.63) is 44.2 Å². The van der Waals surface area contributed by atoms with Gasteiger partial charge in [-0.2, -0.15) is 0 Å². The standard InChI is InChI=1S/C17H18N2O6/c1-6-5-9(7(2)8(3)13(6)25-4)10-11(16(21)22)14(18)19-15(20)12(10)17(23)24/h5H,1-4H3,(H,21,22)(H,23,24)(H3,18,19,20). The van der Waals surface area contributed by atoms with Gasteiger partial charge < -0.3 is 25.7 Å². The molecule has 1 aromatic carbocycles. The van der Waals surface area contributed by atoms with E-state index in [0.717, 1.165) is 0 Å². The summed E-state index contributed by atoms with van der Waals surface area (Å²) in [7, 11) is 1.50. The monoisotopic (exact) mass is 346 g/mol. The smallest absolute Gasteiger partial charge is 0.342 e. The maximum atomic E-state index is 12.1. The lowest BCUT2D eigenvalue weighted by Gasteiger charge is -2.19. The molecule has 0 fully saturated rings. The van der Waals surface area contributed by atoms with Crippen molar-refractivity contribution in [3.63, 3.8) is 0 Å². The molecule has 0 atom stereocenters. The third kappa shape index (κ3) is 2.82. The molecule has 0 aliphatic carbocycles. The highest BCUT2D eigenvalue weighted by Crippen LogP contribution is 2.37. The number of H-pyrrole nitrogens is 1. The zero-order valence-electron chi connectivity index (χ0n) is 14.2. The van der Waals surface area contributed by atoms with E-state index in [1.807, 2.05) is 0 Å². The topological polar surface area (TPSA) is 143 Å². The largest absolute Gasteiger partial charge is 0.496 e. The molecule has 0 spiro atoms. The summed E-state index contributed by atoms with van der Waals surface area (Å²) in [4.78, 5) is 37.5. The lowest BCUT2D eigenvalue weighted by atomic mass is 9.88. The fraction of sp³-hybridized carbons (Fsp3) is 0.235. The average molecular weight is 346 g/mol. The Kier molecular flexibility index (Phi) is 4.56. The van der Waals surface area contributed by atoms with Crippen molar-refractivity contribution in [3.8, 4) is 16.9 Å². The second-order valence-corrected chi connectivity index (χ2v) is 5.63. The highest BCUT2D eigenvalue weighted by Gasteiger charge is 2.28. The Morgan fingerprint density at radius 2 is 1.64 bits per heavy atom. The van der Waals surface area contributed by atoms with Gasteiger partial charge in [-0.15, -0.1) is 0 Å². The Balaban J connectivity index is 3.09. The second kappa shape index (κ2) is 6.31. The number of pyridine rings is 1. The van der Waals surface area contributed by atoms with Gasteiger partial charge in [0, 0.05) is 5.56 Å². The molecule has 2 aromatic rings. The Morgan fingerprint density at radius 3 is 2.12 bits per heavy atom. The van der Waals surface area contributed by atoms with Crippen molar-refractivity contribution in [2.75, 3.05) is 12.8 Å². The zero-order chi connectivity index (χ0) is 19.0. The van der Waals surface area contributed by atoms with E-state index in [1.165, 1.54) is 7.11 Å². The zero-order valence-corrected chi connectivity index (χ0v) is 14.2. The van der Waals surface area contributed by atoms with Crippen LogP contribution in [0, 0.1) is 20.8 Å². The fourth-order valence-corrected chi connectivity index (χ4v) is 2.95. The molecule has 132 valence electrons. The SMILES string of the molecule is COc1c(C)cc(-c2c(C(=O)O)c(N)[nH]c(=O)c2C(=O)O)c(C)c1C. The number of anilines is 1. The number of ether oxygens (including phenoxy) is 1. The van der Waals surface area contributed by atoms with Crippen LogP contribution in [0.1, 0.15) is 37.4 Å². The molecule has 2 rings (SSSR count). The molecule has 0 aliphatic heterocycles. The molecular weight excluding hydrogens is 328 g/mol. The molecule has 8 heteroatoms. The van der Waals surface area contributed by atoms with Gasteiger partial charge in [0.2, 0.25) is 0 Å². The molecule has 0 saturated heterocycles. The summed E-state index contributed by atoms with van der Waals surface area (Å²) in [5.74, 6) is -2.77. The van der Waals surface area contributed by atoms with E-state index in [2.05, 4.69) is 4.98 Å². The van der Waals surface area contributed by atoms with Crippen LogP contribution in [0.25, 0.3) is 11.1 Å². The number of nitrogens with one attached hydrogen (secondary N) is 1. The van der Waals surface area contributed by atoms with Gasteiger partial charge >= 0.3 is 11.9 Å². The summed E-state index contributed by atoms with van der Waals surface area (Å²) in [6.45, 7) is 5.20. The van der Waals surface area contributed by atoms with Crippen LogP contribution in [-0.4, -0.2) is 34.2 Å². The molecule has 8 nitrogen and oxygen atoms in total. The number of carbonyl (C=O) groups is 2.